The number of carbonyl (C=O) groups is 2. The average Bonchev–Trinajstić information content (AvgIpc) is 3.25. The zero-order chi connectivity index (χ0) is 20.5. The van der Waals surface area contributed by atoms with Crippen LogP contribution in [0.2, 0.25) is 5.02 Å². The van der Waals surface area contributed by atoms with Gasteiger partial charge in [0.2, 0.25) is 5.91 Å². The molecule has 1 aliphatic rings. The van der Waals surface area contributed by atoms with Gasteiger partial charge in [-0.05, 0) is 61.7 Å². The molecule has 0 fully saturated rings. The largest absolute Gasteiger partial charge is 0.325 e. The van der Waals surface area contributed by atoms with E-state index in [1.165, 1.54) is 17.4 Å². The van der Waals surface area contributed by atoms with Crippen molar-refractivity contribution in [3.8, 4) is 0 Å². The molecule has 0 aliphatic heterocycles. The van der Waals surface area contributed by atoms with Crippen molar-refractivity contribution >= 4 is 45.6 Å². The van der Waals surface area contributed by atoms with Gasteiger partial charge in [0.1, 0.15) is 5.82 Å². The van der Waals surface area contributed by atoms with E-state index >= 15 is 0 Å². The van der Waals surface area contributed by atoms with Gasteiger partial charge in [-0.25, -0.2) is 9.37 Å². The number of carbonyl (C=O) groups excluding carboxylic acids is 2. The van der Waals surface area contributed by atoms with E-state index in [0.717, 1.165) is 4.88 Å². The molecule has 4 rings (SSSR count). The summed E-state index contributed by atoms with van der Waals surface area (Å²) in [4.78, 5) is 30.5. The number of hydrogen-bond acceptors (Lipinski definition) is 4. The van der Waals surface area contributed by atoms with Gasteiger partial charge in [0.25, 0.3) is 5.91 Å². The maximum Gasteiger partial charge on any atom is 0.257 e. The molecule has 1 heterocycles. The fourth-order valence-electron chi connectivity index (χ4n) is 3.21. The number of anilines is 2. The number of nitrogens with one attached hydrogen (secondary N) is 2. The highest BCUT2D eigenvalue weighted by Crippen LogP contribution is 2.39. The summed E-state index contributed by atoms with van der Waals surface area (Å²) in [5.74, 6) is -1.30. The molecular weight excluding hydrogens is 413 g/mol. The lowest BCUT2D eigenvalue weighted by atomic mass is 10.1. The summed E-state index contributed by atoms with van der Waals surface area (Å²) in [6, 6.07) is 11.2. The van der Waals surface area contributed by atoms with Crippen LogP contribution in [0.3, 0.4) is 0 Å². The minimum atomic E-state index is -0.424. The Bertz CT molecular complexity index is 1100. The highest BCUT2D eigenvalue weighted by Gasteiger charge is 2.33. The van der Waals surface area contributed by atoms with Crippen LogP contribution in [0.4, 0.5) is 15.2 Å². The number of amides is 2. The van der Waals surface area contributed by atoms with Crippen LogP contribution < -0.4 is 10.6 Å². The summed E-state index contributed by atoms with van der Waals surface area (Å²) in [6.07, 6.45) is 1.35. The number of hydrogen-bond donors (Lipinski definition) is 2. The van der Waals surface area contributed by atoms with Crippen LogP contribution >= 0.6 is 22.9 Å². The summed E-state index contributed by atoms with van der Waals surface area (Å²) < 4.78 is 13.7. The summed E-state index contributed by atoms with van der Waals surface area (Å²) in [5, 5.41) is 6.54. The number of aryl methyl sites for hydroxylation is 2. The monoisotopic (exact) mass is 429 g/mol. The van der Waals surface area contributed by atoms with Crippen molar-refractivity contribution in [3.05, 3.63) is 75.0 Å². The standard InChI is InChI=1S/C21H17ClFN3O2S/c1-11-2-7-14(10-16(11)23)24-20(28)15-8-9-17-18(15)25-21(29-17)26-19(27)12-3-5-13(22)6-4-12/h2-7,10,15H,8-9H2,1H3,(H,24,28)(H,25,26,27). The molecule has 0 spiro atoms. The first-order valence-corrected chi connectivity index (χ1v) is 10.2. The van der Waals surface area contributed by atoms with E-state index in [1.54, 1.807) is 43.3 Å². The van der Waals surface area contributed by atoms with E-state index in [1.807, 2.05) is 0 Å². The lowest BCUT2D eigenvalue weighted by Gasteiger charge is -2.11. The second-order valence-corrected chi connectivity index (χ2v) is 8.35. The number of rotatable bonds is 4. The minimum Gasteiger partial charge on any atom is -0.325 e. The van der Waals surface area contributed by atoms with Crippen molar-refractivity contribution in [1.29, 1.82) is 0 Å². The van der Waals surface area contributed by atoms with Gasteiger partial charge in [0.15, 0.2) is 5.13 Å². The maximum atomic E-state index is 13.7. The zero-order valence-corrected chi connectivity index (χ0v) is 17.0. The number of halogens is 2. The van der Waals surface area contributed by atoms with Gasteiger partial charge in [-0.1, -0.05) is 17.7 Å². The molecule has 0 radical (unpaired) electrons. The zero-order valence-electron chi connectivity index (χ0n) is 15.5. The fourth-order valence-corrected chi connectivity index (χ4v) is 4.37. The predicted octanol–water partition coefficient (Wildman–Crippen LogP) is 5.16. The Morgan fingerprint density at radius 2 is 1.93 bits per heavy atom. The summed E-state index contributed by atoms with van der Waals surface area (Å²) in [6.45, 7) is 1.67. The van der Waals surface area contributed by atoms with Crippen molar-refractivity contribution in [1.82, 2.24) is 4.98 Å². The van der Waals surface area contributed by atoms with E-state index in [2.05, 4.69) is 15.6 Å². The number of aromatic nitrogens is 1. The maximum absolute atomic E-state index is 13.7. The van der Waals surface area contributed by atoms with Crippen molar-refractivity contribution in [2.45, 2.75) is 25.7 Å². The summed E-state index contributed by atoms with van der Waals surface area (Å²) >= 11 is 7.22. The van der Waals surface area contributed by atoms with Gasteiger partial charge >= 0.3 is 0 Å². The molecule has 3 aromatic rings. The molecule has 2 N–H and O–H groups in total. The number of benzene rings is 2. The molecule has 0 saturated heterocycles. The Labute approximate surface area is 175 Å². The second kappa shape index (κ2) is 7.93. The third-order valence-electron chi connectivity index (χ3n) is 4.80. The Hall–Kier alpha value is -2.77. The number of fused-ring (bicyclic) bond motifs is 1. The van der Waals surface area contributed by atoms with Crippen molar-refractivity contribution in [2.75, 3.05) is 10.6 Å². The quantitative estimate of drug-likeness (QED) is 0.601. The molecule has 5 nitrogen and oxygen atoms in total. The predicted molar refractivity (Wildman–Crippen MR) is 112 cm³/mol. The Morgan fingerprint density at radius 3 is 2.66 bits per heavy atom. The van der Waals surface area contributed by atoms with Crippen molar-refractivity contribution in [2.24, 2.45) is 0 Å². The molecule has 1 aliphatic carbocycles. The third kappa shape index (κ3) is 4.16. The van der Waals surface area contributed by atoms with Gasteiger partial charge in [0.05, 0.1) is 11.6 Å². The van der Waals surface area contributed by atoms with Crippen LogP contribution in [0.5, 0.6) is 0 Å². The van der Waals surface area contributed by atoms with Crippen LogP contribution in [0, 0.1) is 12.7 Å². The molecule has 29 heavy (non-hydrogen) atoms. The molecule has 1 aromatic heterocycles. The smallest absolute Gasteiger partial charge is 0.257 e. The first kappa shape index (κ1) is 19.5. The summed E-state index contributed by atoms with van der Waals surface area (Å²) in [7, 11) is 0. The van der Waals surface area contributed by atoms with Crippen molar-refractivity contribution < 1.29 is 14.0 Å². The molecular formula is C21H17ClFN3O2S. The lowest BCUT2D eigenvalue weighted by Crippen LogP contribution is -2.20. The first-order valence-electron chi connectivity index (χ1n) is 9.04. The Balaban J connectivity index is 1.46. The Kier molecular flexibility index (Phi) is 5.34. The van der Waals surface area contributed by atoms with E-state index in [0.29, 0.717) is 45.5 Å². The highest BCUT2D eigenvalue weighted by atomic mass is 35.5. The van der Waals surface area contributed by atoms with Crippen molar-refractivity contribution in [3.63, 3.8) is 0 Å². The van der Waals surface area contributed by atoms with Gasteiger partial charge in [0, 0.05) is 21.2 Å². The van der Waals surface area contributed by atoms with Crippen LogP contribution in [0.1, 0.15) is 38.8 Å². The molecule has 2 amide bonds. The van der Waals surface area contributed by atoms with Gasteiger partial charge in [-0.3, -0.25) is 14.9 Å². The van der Waals surface area contributed by atoms with E-state index in [-0.39, 0.29) is 17.6 Å². The average molecular weight is 430 g/mol. The lowest BCUT2D eigenvalue weighted by molar-refractivity contribution is -0.117. The highest BCUT2D eigenvalue weighted by molar-refractivity contribution is 7.16. The molecule has 1 atom stereocenters. The molecule has 1 unspecified atom stereocenters. The Morgan fingerprint density at radius 1 is 1.17 bits per heavy atom. The second-order valence-electron chi connectivity index (χ2n) is 6.83. The van der Waals surface area contributed by atoms with Crippen LogP contribution in [0.15, 0.2) is 42.5 Å². The normalized spacial score (nSPS) is 15.1. The molecule has 0 bridgehead atoms. The molecule has 2 aromatic carbocycles. The van der Waals surface area contributed by atoms with Gasteiger partial charge in [-0.2, -0.15) is 0 Å². The topological polar surface area (TPSA) is 71.1 Å². The van der Waals surface area contributed by atoms with E-state index in [4.69, 9.17) is 11.6 Å². The minimum absolute atomic E-state index is 0.229. The first-order chi connectivity index (χ1) is 13.9. The number of thiazole rings is 1. The molecule has 148 valence electrons. The van der Waals surface area contributed by atoms with Crippen LogP contribution in [-0.4, -0.2) is 16.8 Å². The van der Waals surface area contributed by atoms with Crippen LogP contribution in [-0.2, 0) is 11.2 Å². The SMILES string of the molecule is Cc1ccc(NC(=O)C2CCc3sc(NC(=O)c4ccc(Cl)cc4)nc32)cc1F. The third-order valence-corrected chi connectivity index (χ3v) is 6.10. The van der Waals surface area contributed by atoms with E-state index < -0.39 is 5.92 Å². The van der Waals surface area contributed by atoms with Gasteiger partial charge < -0.3 is 5.32 Å². The fraction of sp³-hybridized carbons (Fsp3) is 0.190. The number of nitrogens with zero attached hydrogens (tertiary/aromatic N) is 1. The van der Waals surface area contributed by atoms with E-state index in [9.17, 15) is 14.0 Å². The van der Waals surface area contributed by atoms with Gasteiger partial charge in [-0.15, -0.1) is 11.3 Å². The molecule has 8 heteroatoms. The van der Waals surface area contributed by atoms with Crippen LogP contribution in [0.25, 0.3) is 0 Å². The molecule has 0 saturated carbocycles. The summed E-state index contributed by atoms with van der Waals surface area (Å²) in [5.41, 5.74) is 2.08.